The fourth-order valence-corrected chi connectivity index (χ4v) is 6.01. The van der Waals surface area contributed by atoms with E-state index in [2.05, 4.69) is 5.43 Å². The summed E-state index contributed by atoms with van der Waals surface area (Å²) in [6.45, 7) is 3.10. The highest BCUT2D eigenvalue weighted by Gasteiger charge is 2.34. The Hall–Kier alpha value is -2.11. The number of nitrogens with zero attached hydrogens (tertiary/aromatic N) is 3. The number of piperidine rings is 1. The van der Waals surface area contributed by atoms with Crippen molar-refractivity contribution in [3.63, 3.8) is 0 Å². The smallest absolute Gasteiger partial charge is 0.256 e. The second-order valence-corrected chi connectivity index (χ2v) is 11.2. The van der Waals surface area contributed by atoms with Crippen LogP contribution < -0.4 is 5.43 Å². The summed E-state index contributed by atoms with van der Waals surface area (Å²) in [5.41, 5.74) is 2.65. The first-order chi connectivity index (χ1) is 16.1. The lowest BCUT2D eigenvalue weighted by Crippen LogP contribution is -2.58. The highest BCUT2D eigenvalue weighted by Crippen LogP contribution is 2.25. The number of rotatable bonds is 5. The van der Waals surface area contributed by atoms with Crippen LogP contribution in [-0.4, -0.2) is 73.0 Å². The molecule has 2 aliphatic rings. The average Bonchev–Trinajstić information content (AvgIpc) is 2.80. The highest BCUT2D eigenvalue weighted by atomic mass is 35.5. The maximum Gasteiger partial charge on any atom is 0.256 e. The first-order valence-electron chi connectivity index (χ1n) is 11.2. The first kappa shape index (κ1) is 30.1. The van der Waals surface area contributed by atoms with Crippen molar-refractivity contribution >= 4 is 74.9 Å². The van der Waals surface area contributed by atoms with E-state index in [4.69, 9.17) is 17.0 Å². The summed E-state index contributed by atoms with van der Waals surface area (Å²) < 4.78 is 27.4. The third kappa shape index (κ3) is 6.80. The second-order valence-electron chi connectivity index (χ2n) is 8.79. The van der Waals surface area contributed by atoms with Gasteiger partial charge in [0.1, 0.15) is 0 Å². The van der Waals surface area contributed by atoms with Gasteiger partial charge in [-0.15, -0.1) is 24.8 Å². The van der Waals surface area contributed by atoms with E-state index >= 15 is 0 Å². The van der Waals surface area contributed by atoms with Gasteiger partial charge in [-0.3, -0.25) is 25.4 Å². The molecule has 4 rings (SSSR count). The molecule has 2 amide bonds. The summed E-state index contributed by atoms with van der Waals surface area (Å²) in [6.07, 6.45) is 1.95. The molecule has 0 spiro atoms. The fourth-order valence-electron chi connectivity index (χ4n) is 4.41. The number of fused-ring (bicyclic) bond motifs is 1. The Morgan fingerprint density at radius 3 is 2.33 bits per heavy atom. The molecule has 36 heavy (non-hydrogen) atoms. The molecule has 0 aliphatic carbocycles. The van der Waals surface area contributed by atoms with Gasteiger partial charge in [0.15, 0.2) is 0 Å². The van der Waals surface area contributed by atoms with E-state index in [1.807, 2.05) is 4.90 Å². The molecule has 0 saturated carbocycles. The van der Waals surface area contributed by atoms with Gasteiger partial charge in [-0.2, -0.15) is 4.31 Å². The van der Waals surface area contributed by atoms with Gasteiger partial charge >= 0.3 is 0 Å². The van der Waals surface area contributed by atoms with E-state index in [9.17, 15) is 18.0 Å². The quantitative estimate of drug-likeness (QED) is 0.417. The van der Waals surface area contributed by atoms with Crippen LogP contribution in [0.1, 0.15) is 26.2 Å². The van der Waals surface area contributed by atoms with Crippen LogP contribution in [0.15, 0.2) is 41.3 Å². The van der Waals surface area contributed by atoms with Gasteiger partial charge in [0.05, 0.1) is 23.8 Å². The second kappa shape index (κ2) is 12.4. The van der Waals surface area contributed by atoms with Crippen molar-refractivity contribution in [2.75, 3.05) is 32.7 Å². The van der Waals surface area contributed by atoms with Gasteiger partial charge < -0.3 is 4.90 Å². The lowest BCUT2D eigenvalue weighted by Gasteiger charge is -2.35. The standard InChI is InChI=1S/C23H28ClN5O4S.2ClH/c1-16(25)27-8-6-17(7-9-27)12-22(30)26-29-11-10-28(15-23(29)31)34(32,33)21-5-3-18-13-20(24)4-2-19(18)14-21;;/h2-5,13-14,17,25H,6-12,15H2,1H3,(H,26,30);2*1H. The molecule has 9 nitrogen and oxygen atoms in total. The normalized spacial score (nSPS) is 17.3. The number of nitrogens with one attached hydrogen (secondary N) is 2. The zero-order valence-electron chi connectivity index (χ0n) is 19.8. The van der Waals surface area contributed by atoms with Crippen molar-refractivity contribution in [3.05, 3.63) is 41.4 Å². The van der Waals surface area contributed by atoms with Gasteiger partial charge in [0, 0.05) is 31.1 Å². The fraction of sp³-hybridized carbons (Fsp3) is 0.435. The number of amidine groups is 1. The van der Waals surface area contributed by atoms with Crippen LogP contribution in [0.25, 0.3) is 10.8 Å². The molecule has 2 fully saturated rings. The molecule has 2 aliphatic heterocycles. The highest BCUT2D eigenvalue weighted by molar-refractivity contribution is 7.89. The Kier molecular flexibility index (Phi) is 10.4. The first-order valence-corrected chi connectivity index (χ1v) is 13.0. The van der Waals surface area contributed by atoms with Gasteiger partial charge in [0.25, 0.3) is 5.91 Å². The number of piperazine rings is 1. The number of amides is 2. The summed E-state index contributed by atoms with van der Waals surface area (Å²) in [6, 6.07) is 9.99. The summed E-state index contributed by atoms with van der Waals surface area (Å²) in [4.78, 5) is 27.2. The van der Waals surface area contributed by atoms with E-state index in [-0.39, 0.29) is 61.2 Å². The molecule has 198 valence electrons. The van der Waals surface area contributed by atoms with Crippen molar-refractivity contribution in [1.82, 2.24) is 19.6 Å². The summed E-state index contributed by atoms with van der Waals surface area (Å²) in [7, 11) is -3.87. The lowest BCUT2D eigenvalue weighted by molar-refractivity contribution is -0.144. The monoisotopic (exact) mass is 577 g/mol. The zero-order valence-corrected chi connectivity index (χ0v) is 23.0. The molecule has 13 heteroatoms. The van der Waals surface area contributed by atoms with Crippen molar-refractivity contribution in [1.29, 1.82) is 5.41 Å². The molecule has 0 unspecified atom stereocenters. The molecule has 2 aromatic rings. The predicted octanol–water partition coefficient (Wildman–Crippen LogP) is 3.30. The third-order valence-corrected chi connectivity index (χ3v) is 8.50. The van der Waals surface area contributed by atoms with Crippen molar-refractivity contribution < 1.29 is 18.0 Å². The lowest BCUT2D eigenvalue weighted by atomic mass is 9.93. The molecular formula is C23H30Cl3N5O4S. The Morgan fingerprint density at radius 1 is 1.06 bits per heavy atom. The topological polar surface area (TPSA) is 114 Å². The minimum atomic E-state index is -3.87. The third-order valence-electron chi connectivity index (χ3n) is 6.42. The van der Waals surface area contributed by atoms with Crippen LogP contribution in [0.4, 0.5) is 0 Å². The summed E-state index contributed by atoms with van der Waals surface area (Å²) in [5.74, 6) is 0.0254. The van der Waals surface area contributed by atoms with E-state index in [0.717, 1.165) is 41.0 Å². The number of hydrazine groups is 1. The number of carbonyl (C=O) groups is 2. The number of hydrogen-bond donors (Lipinski definition) is 2. The Labute approximate surface area is 228 Å². The van der Waals surface area contributed by atoms with Crippen LogP contribution in [0.2, 0.25) is 5.02 Å². The average molecular weight is 579 g/mol. The molecule has 0 atom stereocenters. The maximum atomic E-state index is 13.1. The van der Waals surface area contributed by atoms with E-state index in [1.54, 1.807) is 37.3 Å². The van der Waals surface area contributed by atoms with E-state index in [0.29, 0.717) is 17.3 Å². The van der Waals surface area contributed by atoms with Crippen LogP contribution in [0, 0.1) is 11.3 Å². The Balaban J connectivity index is 0.00000228. The van der Waals surface area contributed by atoms with Gasteiger partial charge in [-0.25, -0.2) is 8.42 Å². The van der Waals surface area contributed by atoms with Gasteiger partial charge in [-0.1, -0.05) is 23.7 Å². The summed E-state index contributed by atoms with van der Waals surface area (Å²) >= 11 is 6.00. The molecule has 0 aromatic heterocycles. The van der Waals surface area contributed by atoms with Crippen LogP contribution in [0.5, 0.6) is 0 Å². The van der Waals surface area contributed by atoms with Crippen LogP contribution in [-0.2, 0) is 19.6 Å². The number of likely N-dealkylation sites (tertiary alicyclic amines) is 1. The minimum absolute atomic E-state index is 0. The van der Waals surface area contributed by atoms with Crippen molar-refractivity contribution in [2.24, 2.45) is 5.92 Å². The molecule has 0 bridgehead atoms. The van der Waals surface area contributed by atoms with Gasteiger partial charge in [-0.05, 0) is 60.7 Å². The van der Waals surface area contributed by atoms with Gasteiger partial charge in [0.2, 0.25) is 15.9 Å². The molecule has 2 N–H and O–H groups in total. The van der Waals surface area contributed by atoms with E-state index < -0.39 is 15.9 Å². The Bertz CT molecular complexity index is 1240. The number of benzene rings is 2. The number of carbonyl (C=O) groups excluding carboxylic acids is 2. The molecular weight excluding hydrogens is 549 g/mol. The summed E-state index contributed by atoms with van der Waals surface area (Å²) in [5, 5.41) is 11.0. The minimum Gasteiger partial charge on any atom is -0.361 e. The molecule has 0 radical (unpaired) electrons. The Morgan fingerprint density at radius 2 is 1.69 bits per heavy atom. The number of halogens is 3. The van der Waals surface area contributed by atoms with Crippen LogP contribution in [0.3, 0.4) is 0 Å². The molecule has 2 heterocycles. The van der Waals surface area contributed by atoms with Crippen LogP contribution >= 0.6 is 36.4 Å². The van der Waals surface area contributed by atoms with Crippen molar-refractivity contribution in [2.45, 2.75) is 31.1 Å². The molecule has 2 aromatic carbocycles. The maximum absolute atomic E-state index is 13.1. The van der Waals surface area contributed by atoms with Crippen molar-refractivity contribution in [3.8, 4) is 0 Å². The SMILES string of the molecule is CC(=N)N1CCC(CC(=O)NN2CCN(S(=O)(=O)c3ccc4cc(Cl)ccc4c3)CC2=O)CC1.Cl.Cl. The largest absolute Gasteiger partial charge is 0.361 e. The van der Waals surface area contributed by atoms with E-state index in [1.165, 1.54) is 11.1 Å². The number of sulfonamides is 1. The number of hydrogen-bond acceptors (Lipinski definition) is 5. The predicted molar refractivity (Wildman–Crippen MR) is 144 cm³/mol. The zero-order chi connectivity index (χ0) is 24.5. The molecule has 2 saturated heterocycles.